The van der Waals surface area contributed by atoms with Gasteiger partial charge in [0.1, 0.15) is 0 Å². The van der Waals surface area contributed by atoms with E-state index in [2.05, 4.69) is 10.6 Å². The minimum atomic E-state index is -0.667. The summed E-state index contributed by atoms with van der Waals surface area (Å²) in [5.74, 6) is -0.667. The summed E-state index contributed by atoms with van der Waals surface area (Å²) in [4.78, 5) is 11.4. The van der Waals surface area contributed by atoms with Crippen LogP contribution in [0.25, 0.3) is 0 Å². The minimum Gasteiger partial charge on any atom is -0.396 e. The van der Waals surface area contributed by atoms with E-state index >= 15 is 0 Å². The molecule has 2 amide bonds. The van der Waals surface area contributed by atoms with E-state index in [9.17, 15) is 9.18 Å². The summed E-state index contributed by atoms with van der Waals surface area (Å²) >= 11 is 5.57. The lowest BCUT2D eigenvalue weighted by molar-refractivity contribution is 0.241. The third-order valence-electron chi connectivity index (χ3n) is 2.14. The van der Waals surface area contributed by atoms with Gasteiger partial charge in [-0.1, -0.05) is 17.7 Å². The monoisotopic (exact) mass is 260 g/mol. The van der Waals surface area contributed by atoms with Crippen molar-refractivity contribution in [2.24, 2.45) is 0 Å². The molecule has 0 heterocycles. The molecule has 0 aliphatic heterocycles. The van der Waals surface area contributed by atoms with Gasteiger partial charge < -0.3 is 15.7 Å². The maximum atomic E-state index is 13.4. The summed E-state index contributed by atoms with van der Waals surface area (Å²) in [7, 11) is 0. The van der Waals surface area contributed by atoms with Crippen LogP contribution in [0.4, 0.5) is 14.9 Å². The van der Waals surface area contributed by atoms with Gasteiger partial charge in [0.05, 0.1) is 10.7 Å². The van der Waals surface area contributed by atoms with E-state index < -0.39 is 11.8 Å². The van der Waals surface area contributed by atoms with Gasteiger partial charge in [-0.3, -0.25) is 0 Å². The Balaban J connectivity index is 2.59. The standard InChI is InChI=1S/C11H14ClFN2O2/c1-7(5-6-16)14-11(17)15-9-4-2-3-8(12)10(9)13/h2-4,7,16H,5-6H2,1H3,(H2,14,15,17)/t7-/m1/s1. The Hall–Kier alpha value is -1.33. The number of hydrogen-bond acceptors (Lipinski definition) is 2. The van der Waals surface area contributed by atoms with Gasteiger partial charge in [0.25, 0.3) is 0 Å². The molecule has 0 aliphatic rings. The Morgan fingerprint density at radius 3 is 2.94 bits per heavy atom. The molecule has 0 bridgehead atoms. The number of urea groups is 1. The SMILES string of the molecule is C[C@H](CCO)NC(=O)Nc1cccc(Cl)c1F. The molecule has 3 N–H and O–H groups in total. The van der Waals surface area contributed by atoms with Gasteiger partial charge in [-0.25, -0.2) is 9.18 Å². The Morgan fingerprint density at radius 2 is 2.29 bits per heavy atom. The number of aliphatic hydroxyl groups is 1. The maximum Gasteiger partial charge on any atom is 0.319 e. The Morgan fingerprint density at radius 1 is 1.59 bits per heavy atom. The van der Waals surface area contributed by atoms with Crippen LogP contribution >= 0.6 is 11.6 Å². The van der Waals surface area contributed by atoms with Crippen LogP contribution in [0.5, 0.6) is 0 Å². The maximum absolute atomic E-state index is 13.4. The van der Waals surface area contributed by atoms with Crippen molar-refractivity contribution in [2.75, 3.05) is 11.9 Å². The molecule has 17 heavy (non-hydrogen) atoms. The Labute approximate surface area is 104 Å². The molecule has 1 atom stereocenters. The van der Waals surface area contributed by atoms with Gasteiger partial charge in [0.15, 0.2) is 5.82 Å². The van der Waals surface area contributed by atoms with Crippen molar-refractivity contribution in [3.05, 3.63) is 29.0 Å². The molecule has 1 aromatic rings. The summed E-state index contributed by atoms with van der Waals surface area (Å²) < 4.78 is 13.4. The molecular formula is C11H14ClFN2O2. The number of hydrogen-bond donors (Lipinski definition) is 3. The predicted molar refractivity (Wildman–Crippen MR) is 64.7 cm³/mol. The fourth-order valence-electron chi connectivity index (χ4n) is 1.25. The molecule has 0 radical (unpaired) electrons. The zero-order valence-electron chi connectivity index (χ0n) is 9.34. The number of carbonyl (C=O) groups excluding carboxylic acids is 1. The van der Waals surface area contributed by atoms with Gasteiger partial charge >= 0.3 is 6.03 Å². The van der Waals surface area contributed by atoms with Crippen LogP contribution in [-0.4, -0.2) is 23.8 Å². The third kappa shape index (κ3) is 4.20. The zero-order chi connectivity index (χ0) is 12.8. The lowest BCUT2D eigenvalue weighted by atomic mass is 10.2. The highest BCUT2D eigenvalue weighted by Gasteiger charge is 2.11. The topological polar surface area (TPSA) is 61.4 Å². The van der Waals surface area contributed by atoms with Crippen LogP contribution < -0.4 is 10.6 Å². The number of amides is 2. The molecule has 6 heteroatoms. The Kier molecular flexibility index (Phi) is 5.18. The molecular weight excluding hydrogens is 247 g/mol. The first-order valence-corrected chi connectivity index (χ1v) is 5.54. The molecule has 0 saturated carbocycles. The summed E-state index contributed by atoms with van der Waals surface area (Å²) in [6.45, 7) is 1.72. The average molecular weight is 261 g/mol. The van der Waals surface area contributed by atoms with Crippen molar-refractivity contribution in [3.8, 4) is 0 Å². The second-order valence-corrected chi connectivity index (χ2v) is 4.02. The second-order valence-electron chi connectivity index (χ2n) is 3.61. The van der Waals surface area contributed by atoms with Crippen LogP contribution in [0.2, 0.25) is 5.02 Å². The third-order valence-corrected chi connectivity index (χ3v) is 2.43. The van der Waals surface area contributed by atoms with Crippen molar-refractivity contribution in [1.82, 2.24) is 5.32 Å². The number of benzene rings is 1. The highest BCUT2D eigenvalue weighted by Crippen LogP contribution is 2.21. The molecule has 1 rings (SSSR count). The molecule has 0 spiro atoms. The number of anilines is 1. The highest BCUT2D eigenvalue weighted by molar-refractivity contribution is 6.31. The first kappa shape index (κ1) is 13.7. The van der Waals surface area contributed by atoms with E-state index in [4.69, 9.17) is 16.7 Å². The van der Waals surface area contributed by atoms with Gasteiger partial charge in [-0.2, -0.15) is 0 Å². The van der Waals surface area contributed by atoms with Crippen molar-refractivity contribution >= 4 is 23.3 Å². The predicted octanol–water partition coefficient (Wildman–Crippen LogP) is 2.37. The number of aliphatic hydroxyl groups excluding tert-OH is 1. The summed E-state index contributed by atoms with van der Waals surface area (Å²) in [6, 6.07) is 3.62. The van der Waals surface area contributed by atoms with Crippen LogP contribution in [0.1, 0.15) is 13.3 Å². The van der Waals surface area contributed by atoms with Crippen molar-refractivity contribution in [1.29, 1.82) is 0 Å². The lowest BCUT2D eigenvalue weighted by Crippen LogP contribution is -2.36. The van der Waals surface area contributed by atoms with Gasteiger partial charge in [-0.15, -0.1) is 0 Å². The quantitative estimate of drug-likeness (QED) is 0.778. The molecule has 4 nitrogen and oxygen atoms in total. The zero-order valence-corrected chi connectivity index (χ0v) is 10.1. The number of rotatable bonds is 4. The Bertz CT molecular complexity index is 401. The van der Waals surface area contributed by atoms with Crippen molar-refractivity contribution in [3.63, 3.8) is 0 Å². The number of carbonyl (C=O) groups is 1. The van der Waals surface area contributed by atoms with E-state index in [1.165, 1.54) is 18.2 Å². The van der Waals surface area contributed by atoms with E-state index in [0.717, 1.165) is 0 Å². The molecule has 0 unspecified atom stereocenters. The normalized spacial score (nSPS) is 12.0. The molecule has 0 saturated heterocycles. The van der Waals surface area contributed by atoms with E-state index in [0.29, 0.717) is 6.42 Å². The van der Waals surface area contributed by atoms with Gasteiger partial charge in [0, 0.05) is 12.6 Å². The van der Waals surface area contributed by atoms with E-state index in [1.54, 1.807) is 6.92 Å². The van der Waals surface area contributed by atoms with Crippen molar-refractivity contribution in [2.45, 2.75) is 19.4 Å². The first-order chi connectivity index (χ1) is 8.04. The minimum absolute atomic E-state index is 0.0196. The number of nitrogens with one attached hydrogen (secondary N) is 2. The highest BCUT2D eigenvalue weighted by atomic mass is 35.5. The molecule has 1 aromatic carbocycles. The average Bonchev–Trinajstić information content (AvgIpc) is 2.25. The molecule has 0 aliphatic carbocycles. The fraction of sp³-hybridized carbons (Fsp3) is 0.364. The largest absolute Gasteiger partial charge is 0.396 e. The lowest BCUT2D eigenvalue weighted by Gasteiger charge is -2.13. The van der Waals surface area contributed by atoms with Crippen LogP contribution in [0.15, 0.2) is 18.2 Å². The fourth-order valence-corrected chi connectivity index (χ4v) is 1.42. The van der Waals surface area contributed by atoms with Gasteiger partial charge in [-0.05, 0) is 25.5 Å². The summed E-state index contributed by atoms with van der Waals surface area (Å²) in [6.07, 6.45) is 0.436. The summed E-state index contributed by atoms with van der Waals surface area (Å²) in [5.41, 5.74) is 0.0196. The molecule has 94 valence electrons. The van der Waals surface area contributed by atoms with Crippen LogP contribution in [0.3, 0.4) is 0 Å². The first-order valence-electron chi connectivity index (χ1n) is 5.17. The second kappa shape index (κ2) is 6.42. The summed E-state index contributed by atoms with van der Waals surface area (Å²) in [5, 5.41) is 13.5. The van der Waals surface area contributed by atoms with E-state index in [1.807, 2.05) is 0 Å². The van der Waals surface area contributed by atoms with E-state index in [-0.39, 0.29) is 23.4 Å². The van der Waals surface area contributed by atoms with Crippen LogP contribution in [-0.2, 0) is 0 Å². The number of halogens is 2. The van der Waals surface area contributed by atoms with Gasteiger partial charge in [0.2, 0.25) is 0 Å². The smallest absolute Gasteiger partial charge is 0.319 e. The van der Waals surface area contributed by atoms with Crippen molar-refractivity contribution < 1.29 is 14.3 Å². The molecule has 0 fully saturated rings. The van der Waals surface area contributed by atoms with Crippen LogP contribution in [0, 0.1) is 5.82 Å². The molecule has 0 aromatic heterocycles.